The van der Waals surface area contributed by atoms with Gasteiger partial charge in [-0.15, -0.1) is 0 Å². The predicted octanol–water partition coefficient (Wildman–Crippen LogP) is 1.000. The Kier molecular flexibility index (Phi) is 5.22. The molecule has 0 aromatic heterocycles. The summed E-state index contributed by atoms with van der Waals surface area (Å²) in [5.74, 6) is 0.0375. The number of carbonyl (C=O) groups excluding carboxylic acids is 1. The number of amides is 1. The number of nitrogens with zero attached hydrogens (tertiary/aromatic N) is 3. The van der Waals surface area contributed by atoms with Crippen molar-refractivity contribution in [2.45, 2.75) is 18.6 Å². The molecule has 132 valence electrons. The molecule has 1 aromatic carbocycles. The first-order valence-electron chi connectivity index (χ1n) is 8.50. The van der Waals surface area contributed by atoms with E-state index in [1.54, 1.807) is 28.6 Å². The number of benzene rings is 1. The van der Waals surface area contributed by atoms with Crippen molar-refractivity contribution in [1.29, 1.82) is 0 Å². The molecule has 2 aliphatic rings. The van der Waals surface area contributed by atoms with Gasteiger partial charge in [0.2, 0.25) is 10.0 Å². The van der Waals surface area contributed by atoms with Gasteiger partial charge in [0.05, 0.1) is 5.75 Å². The number of rotatable bonds is 4. The Labute approximate surface area is 144 Å². The van der Waals surface area contributed by atoms with E-state index in [0.717, 1.165) is 44.6 Å². The first kappa shape index (κ1) is 17.4. The third-order valence-corrected chi connectivity index (χ3v) is 6.65. The minimum atomic E-state index is -3.30. The van der Waals surface area contributed by atoms with Crippen LogP contribution in [-0.2, 0) is 15.8 Å². The van der Waals surface area contributed by atoms with Crippen LogP contribution < -0.4 is 0 Å². The van der Waals surface area contributed by atoms with Crippen LogP contribution in [0, 0.1) is 0 Å². The summed E-state index contributed by atoms with van der Waals surface area (Å²) in [4.78, 5) is 16.3. The van der Waals surface area contributed by atoms with E-state index in [-0.39, 0.29) is 11.7 Å². The molecule has 2 saturated heterocycles. The highest BCUT2D eigenvalue weighted by molar-refractivity contribution is 7.88. The molecule has 2 fully saturated rings. The molecule has 0 aliphatic carbocycles. The summed E-state index contributed by atoms with van der Waals surface area (Å²) in [6.45, 7) is 4.26. The Bertz CT molecular complexity index is 674. The average molecular weight is 351 g/mol. The summed E-state index contributed by atoms with van der Waals surface area (Å²) in [5, 5.41) is 0. The van der Waals surface area contributed by atoms with Gasteiger partial charge in [0.15, 0.2) is 0 Å². The number of hydrogen-bond acceptors (Lipinski definition) is 4. The molecule has 0 radical (unpaired) electrons. The Hall–Kier alpha value is -1.44. The molecule has 0 N–H and O–H groups in total. The van der Waals surface area contributed by atoms with Crippen molar-refractivity contribution in [2.75, 3.05) is 46.3 Å². The lowest BCUT2D eigenvalue weighted by atomic mass is 10.1. The maximum Gasteiger partial charge on any atom is 0.253 e. The average Bonchev–Trinajstić information content (AvgIpc) is 3.09. The zero-order valence-electron chi connectivity index (χ0n) is 14.1. The SMILES string of the molecule is CN1CCN(S(=O)(=O)Cc2ccc(C(=O)N3CCCC3)cc2)CC1. The first-order valence-corrected chi connectivity index (χ1v) is 10.1. The number of likely N-dealkylation sites (N-methyl/N-ethyl adjacent to an activating group) is 1. The van der Waals surface area contributed by atoms with E-state index in [2.05, 4.69) is 4.90 Å². The molecule has 0 atom stereocenters. The zero-order valence-corrected chi connectivity index (χ0v) is 15.0. The van der Waals surface area contributed by atoms with E-state index in [0.29, 0.717) is 18.7 Å². The molecule has 0 bridgehead atoms. The minimum absolute atomic E-state index is 0.00506. The van der Waals surface area contributed by atoms with Crippen molar-refractivity contribution in [1.82, 2.24) is 14.1 Å². The predicted molar refractivity (Wildman–Crippen MR) is 93.3 cm³/mol. The van der Waals surface area contributed by atoms with Gasteiger partial charge in [-0.3, -0.25) is 4.79 Å². The maximum absolute atomic E-state index is 12.5. The van der Waals surface area contributed by atoms with Gasteiger partial charge in [0.1, 0.15) is 0 Å². The van der Waals surface area contributed by atoms with Crippen LogP contribution in [0.25, 0.3) is 0 Å². The molecule has 3 rings (SSSR count). The second kappa shape index (κ2) is 7.21. The summed E-state index contributed by atoms with van der Waals surface area (Å²) >= 11 is 0. The Morgan fingerprint density at radius 2 is 1.54 bits per heavy atom. The van der Waals surface area contributed by atoms with E-state index in [1.165, 1.54) is 0 Å². The lowest BCUT2D eigenvalue weighted by Crippen LogP contribution is -2.47. The largest absolute Gasteiger partial charge is 0.339 e. The summed E-state index contributed by atoms with van der Waals surface area (Å²) in [5.41, 5.74) is 1.37. The lowest BCUT2D eigenvalue weighted by Gasteiger charge is -2.31. The van der Waals surface area contributed by atoms with Gasteiger partial charge in [0.25, 0.3) is 5.91 Å². The van der Waals surface area contributed by atoms with E-state index in [4.69, 9.17) is 0 Å². The molecule has 1 aromatic rings. The van der Waals surface area contributed by atoms with Crippen molar-refractivity contribution in [3.05, 3.63) is 35.4 Å². The topological polar surface area (TPSA) is 60.9 Å². The Morgan fingerprint density at radius 1 is 0.958 bits per heavy atom. The molecule has 1 amide bonds. The summed E-state index contributed by atoms with van der Waals surface area (Å²) in [6, 6.07) is 7.01. The molecular formula is C17H25N3O3S. The maximum atomic E-state index is 12.5. The highest BCUT2D eigenvalue weighted by Crippen LogP contribution is 2.16. The molecule has 0 saturated carbocycles. The van der Waals surface area contributed by atoms with Crippen LogP contribution in [0.1, 0.15) is 28.8 Å². The van der Waals surface area contributed by atoms with Crippen LogP contribution >= 0.6 is 0 Å². The Balaban J connectivity index is 1.64. The molecule has 24 heavy (non-hydrogen) atoms. The fourth-order valence-corrected chi connectivity index (χ4v) is 4.73. The van der Waals surface area contributed by atoms with Crippen LogP contribution in [0.2, 0.25) is 0 Å². The van der Waals surface area contributed by atoms with Gasteiger partial charge in [-0.05, 0) is 37.6 Å². The second-order valence-electron chi connectivity index (χ2n) is 6.65. The van der Waals surface area contributed by atoms with Gasteiger partial charge < -0.3 is 9.80 Å². The van der Waals surface area contributed by atoms with Gasteiger partial charge in [0, 0.05) is 44.8 Å². The van der Waals surface area contributed by atoms with Crippen molar-refractivity contribution < 1.29 is 13.2 Å². The number of hydrogen-bond donors (Lipinski definition) is 0. The molecule has 7 heteroatoms. The fourth-order valence-electron chi connectivity index (χ4n) is 3.21. The first-order chi connectivity index (χ1) is 11.5. The highest BCUT2D eigenvalue weighted by atomic mass is 32.2. The van der Waals surface area contributed by atoms with Crippen molar-refractivity contribution in [3.63, 3.8) is 0 Å². The minimum Gasteiger partial charge on any atom is -0.339 e. The summed E-state index contributed by atoms with van der Waals surface area (Å²) in [6.07, 6.45) is 2.13. The van der Waals surface area contributed by atoms with Gasteiger partial charge >= 0.3 is 0 Å². The number of likely N-dealkylation sites (tertiary alicyclic amines) is 1. The standard InChI is InChI=1S/C17H25N3O3S/c1-18-10-12-20(13-11-18)24(22,23)14-15-4-6-16(7-5-15)17(21)19-8-2-3-9-19/h4-7H,2-3,8-14H2,1H3. The van der Waals surface area contributed by atoms with Crippen molar-refractivity contribution in [2.24, 2.45) is 0 Å². The van der Waals surface area contributed by atoms with Crippen LogP contribution in [-0.4, -0.2) is 74.7 Å². The third-order valence-electron chi connectivity index (χ3n) is 4.80. The molecule has 0 unspecified atom stereocenters. The zero-order chi connectivity index (χ0) is 17.2. The quantitative estimate of drug-likeness (QED) is 0.812. The second-order valence-corrected chi connectivity index (χ2v) is 8.62. The fraction of sp³-hybridized carbons (Fsp3) is 0.588. The summed E-state index contributed by atoms with van der Waals surface area (Å²) < 4.78 is 26.6. The molecule has 2 aliphatic heterocycles. The van der Waals surface area contributed by atoms with Crippen LogP contribution in [0.4, 0.5) is 0 Å². The van der Waals surface area contributed by atoms with Gasteiger partial charge in [-0.2, -0.15) is 4.31 Å². The van der Waals surface area contributed by atoms with Crippen molar-refractivity contribution >= 4 is 15.9 Å². The summed E-state index contributed by atoms with van der Waals surface area (Å²) in [7, 11) is -1.30. The van der Waals surface area contributed by atoms with E-state index >= 15 is 0 Å². The van der Waals surface area contributed by atoms with Crippen LogP contribution in [0.3, 0.4) is 0 Å². The highest BCUT2D eigenvalue weighted by Gasteiger charge is 2.26. The Morgan fingerprint density at radius 3 is 2.12 bits per heavy atom. The van der Waals surface area contributed by atoms with Crippen LogP contribution in [0.5, 0.6) is 0 Å². The molecular weight excluding hydrogens is 326 g/mol. The van der Waals surface area contributed by atoms with E-state index < -0.39 is 10.0 Å². The molecule has 2 heterocycles. The smallest absolute Gasteiger partial charge is 0.253 e. The van der Waals surface area contributed by atoms with Gasteiger partial charge in [-0.25, -0.2) is 8.42 Å². The van der Waals surface area contributed by atoms with E-state index in [1.807, 2.05) is 11.9 Å². The van der Waals surface area contributed by atoms with Gasteiger partial charge in [-0.1, -0.05) is 12.1 Å². The number of sulfonamides is 1. The van der Waals surface area contributed by atoms with E-state index in [9.17, 15) is 13.2 Å². The molecule has 6 nitrogen and oxygen atoms in total. The number of carbonyl (C=O) groups is 1. The normalized spacial score (nSPS) is 20.5. The monoisotopic (exact) mass is 351 g/mol. The van der Waals surface area contributed by atoms with Crippen molar-refractivity contribution in [3.8, 4) is 0 Å². The third kappa shape index (κ3) is 3.96. The van der Waals surface area contributed by atoms with Crippen LogP contribution in [0.15, 0.2) is 24.3 Å². The lowest BCUT2D eigenvalue weighted by molar-refractivity contribution is 0.0793. The number of piperazine rings is 1. The molecule has 0 spiro atoms.